The summed E-state index contributed by atoms with van der Waals surface area (Å²) in [6, 6.07) is 0. The van der Waals surface area contributed by atoms with E-state index in [4.69, 9.17) is 16.2 Å². The first-order valence-corrected chi connectivity index (χ1v) is 6.64. The second kappa shape index (κ2) is 8.43. The van der Waals surface area contributed by atoms with Gasteiger partial charge in [0.05, 0.1) is 6.54 Å². The van der Waals surface area contributed by atoms with Gasteiger partial charge < -0.3 is 21.5 Å². The maximum atomic E-state index is 11.5. The maximum Gasteiger partial charge on any atom is 0.320 e. The molecule has 0 aromatic heterocycles. The van der Waals surface area contributed by atoms with Crippen LogP contribution in [-0.2, 0) is 9.53 Å². The largest absolute Gasteiger partial charge is 0.459 e. The molecule has 0 saturated heterocycles. The summed E-state index contributed by atoms with van der Waals surface area (Å²) >= 11 is 0. The van der Waals surface area contributed by atoms with Crippen molar-refractivity contribution in [2.24, 2.45) is 11.5 Å². The molecule has 114 valence electrons. The molecule has 0 rings (SSSR count). The Balaban J connectivity index is 3.94. The molecule has 20 heavy (non-hydrogen) atoms. The number of rotatable bonds is 8. The molecule has 0 heterocycles. The molecule has 0 atom stereocenters. The summed E-state index contributed by atoms with van der Waals surface area (Å²) < 4.78 is 5.18. The lowest BCUT2D eigenvalue weighted by molar-refractivity contribution is -0.153. The summed E-state index contributed by atoms with van der Waals surface area (Å²) in [7, 11) is 0. The van der Waals surface area contributed by atoms with Gasteiger partial charge in [-0.1, -0.05) is 13.2 Å². The standard InChI is InChI=1S/C15H27N3O2/c1-11(16)9-13(12(2)17)7-6-8-18-10-14(19)20-15(3,4)5/h9,18H,1-2,6-8,10,16-17H2,3-5H3/b13-9-. The van der Waals surface area contributed by atoms with Gasteiger partial charge in [0, 0.05) is 11.4 Å². The van der Waals surface area contributed by atoms with E-state index < -0.39 is 5.60 Å². The van der Waals surface area contributed by atoms with Crippen molar-refractivity contribution in [2.75, 3.05) is 13.1 Å². The number of esters is 1. The van der Waals surface area contributed by atoms with Crippen molar-refractivity contribution >= 4 is 5.97 Å². The van der Waals surface area contributed by atoms with Gasteiger partial charge in [-0.15, -0.1) is 0 Å². The fourth-order valence-electron chi connectivity index (χ4n) is 1.52. The lowest BCUT2D eigenvalue weighted by Crippen LogP contribution is -2.31. The van der Waals surface area contributed by atoms with E-state index in [-0.39, 0.29) is 12.5 Å². The van der Waals surface area contributed by atoms with Gasteiger partial charge in [0.25, 0.3) is 0 Å². The minimum absolute atomic E-state index is 0.198. The van der Waals surface area contributed by atoms with Crippen LogP contribution in [0.4, 0.5) is 0 Å². The van der Waals surface area contributed by atoms with Crippen molar-refractivity contribution in [3.63, 3.8) is 0 Å². The smallest absolute Gasteiger partial charge is 0.320 e. The topological polar surface area (TPSA) is 90.4 Å². The highest BCUT2D eigenvalue weighted by Gasteiger charge is 2.15. The first kappa shape index (κ1) is 18.2. The van der Waals surface area contributed by atoms with Crippen molar-refractivity contribution in [1.82, 2.24) is 5.32 Å². The zero-order valence-electron chi connectivity index (χ0n) is 12.8. The molecule has 0 fully saturated rings. The first-order valence-electron chi connectivity index (χ1n) is 6.64. The summed E-state index contributed by atoms with van der Waals surface area (Å²) in [5, 5.41) is 3.03. The molecular formula is C15H27N3O2. The van der Waals surface area contributed by atoms with Crippen LogP contribution in [0.25, 0.3) is 0 Å². The number of ether oxygens (including phenoxy) is 1. The van der Waals surface area contributed by atoms with Gasteiger partial charge in [-0.2, -0.15) is 0 Å². The van der Waals surface area contributed by atoms with Gasteiger partial charge in [0.1, 0.15) is 5.60 Å². The van der Waals surface area contributed by atoms with Crippen LogP contribution in [0.3, 0.4) is 0 Å². The number of hydrogen-bond acceptors (Lipinski definition) is 5. The van der Waals surface area contributed by atoms with Crippen molar-refractivity contribution < 1.29 is 9.53 Å². The van der Waals surface area contributed by atoms with Crippen LogP contribution >= 0.6 is 0 Å². The van der Waals surface area contributed by atoms with E-state index in [2.05, 4.69) is 18.5 Å². The Morgan fingerprint density at radius 3 is 2.35 bits per heavy atom. The molecule has 0 aliphatic carbocycles. The van der Waals surface area contributed by atoms with E-state index in [1.807, 2.05) is 20.8 Å². The van der Waals surface area contributed by atoms with Gasteiger partial charge in [0.15, 0.2) is 0 Å². The third-order valence-electron chi connectivity index (χ3n) is 2.26. The van der Waals surface area contributed by atoms with Gasteiger partial charge in [-0.3, -0.25) is 4.79 Å². The second-order valence-electron chi connectivity index (χ2n) is 5.64. The highest BCUT2D eigenvalue weighted by molar-refractivity contribution is 5.72. The zero-order valence-corrected chi connectivity index (χ0v) is 12.8. The van der Waals surface area contributed by atoms with E-state index in [1.165, 1.54) is 0 Å². The molecule has 5 heteroatoms. The first-order chi connectivity index (χ1) is 9.11. The normalized spacial score (nSPS) is 12.1. The third kappa shape index (κ3) is 10.2. The average Bonchev–Trinajstić information content (AvgIpc) is 2.23. The molecule has 0 aliphatic heterocycles. The van der Waals surface area contributed by atoms with Crippen molar-refractivity contribution in [3.05, 3.63) is 36.2 Å². The molecule has 0 amide bonds. The molecule has 0 aromatic carbocycles. The van der Waals surface area contributed by atoms with Crippen LogP contribution in [0.2, 0.25) is 0 Å². The van der Waals surface area contributed by atoms with E-state index in [0.717, 1.165) is 18.4 Å². The maximum absolute atomic E-state index is 11.5. The Labute approximate surface area is 121 Å². The Hall–Kier alpha value is -1.75. The van der Waals surface area contributed by atoms with E-state index in [0.29, 0.717) is 17.9 Å². The monoisotopic (exact) mass is 281 g/mol. The molecular weight excluding hydrogens is 254 g/mol. The summed E-state index contributed by atoms with van der Waals surface area (Å²) in [6.45, 7) is 13.7. The van der Waals surface area contributed by atoms with Crippen LogP contribution in [0.1, 0.15) is 33.6 Å². The van der Waals surface area contributed by atoms with Gasteiger partial charge in [-0.05, 0) is 51.8 Å². The van der Waals surface area contributed by atoms with E-state index in [1.54, 1.807) is 6.08 Å². The Morgan fingerprint density at radius 1 is 1.30 bits per heavy atom. The molecule has 0 spiro atoms. The molecule has 0 unspecified atom stereocenters. The lowest BCUT2D eigenvalue weighted by Gasteiger charge is -2.19. The predicted octanol–water partition coefficient (Wildman–Crippen LogP) is 1.57. The number of carbonyl (C=O) groups excluding carboxylic acids is 1. The molecule has 0 saturated carbocycles. The average molecular weight is 281 g/mol. The molecule has 5 N–H and O–H groups in total. The highest BCUT2D eigenvalue weighted by Crippen LogP contribution is 2.11. The van der Waals surface area contributed by atoms with Crippen molar-refractivity contribution in [1.29, 1.82) is 0 Å². The number of nitrogens with one attached hydrogen (secondary N) is 1. The van der Waals surface area contributed by atoms with Crippen LogP contribution in [0.5, 0.6) is 0 Å². The number of nitrogens with two attached hydrogens (primary N) is 2. The predicted molar refractivity (Wildman–Crippen MR) is 82.7 cm³/mol. The van der Waals surface area contributed by atoms with Crippen LogP contribution < -0.4 is 16.8 Å². The van der Waals surface area contributed by atoms with Crippen LogP contribution in [0, 0.1) is 0 Å². The zero-order chi connectivity index (χ0) is 15.8. The summed E-state index contributed by atoms with van der Waals surface area (Å²) in [5.41, 5.74) is 12.5. The van der Waals surface area contributed by atoms with Crippen molar-refractivity contribution in [3.8, 4) is 0 Å². The molecule has 0 radical (unpaired) electrons. The fourth-order valence-corrected chi connectivity index (χ4v) is 1.52. The quantitative estimate of drug-likeness (QED) is 0.357. The van der Waals surface area contributed by atoms with E-state index >= 15 is 0 Å². The van der Waals surface area contributed by atoms with Gasteiger partial charge in [0.2, 0.25) is 0 Å². The molecule has 0 aliphatic rings. The summed E-state index contributed by atoms with van der Waals surface area (Å²) in [4.78, 5) is 11.5. The Bertz CT molecular complexity index is 392. The summed E-state index contributed by atoms with van der Waals surface area (Å²) in [5.74, 6) is -0.258. The Kier molecular flexibility index (Phi) is 7.69. The summed E-state index contributed by atoms with van der Waals surface area (Å²) in [6.07, 6.45) is 3.27. The lowest BCUT2D eigenvalue weighted by atomic mass is 10.1. The van der Waals surface area contributed by atoms with Crippen LogP contribution in [0.15, 0.2) is 36.2 Å². The third-order valence-corrected chi connectivity index (χ3v) is 2.26. The second-order valence-corrected chi connectivity index (χ2v) is 5.64. The minimum atomic E-state index is -0.451. The number of carbonyl (C=O) groups is 1. The van der Waals surface area contributed by atoms with E-state index in [9.17, 15) is 4.79 Å². The molecule has 5 nitrogen and oxygen atoms in total. The number of hydrogen-bond donors (Lipinski definition) is 3. The minimum Gasteiger partial charge on any atom is -0.459 e. The molecule has 0 aromatic rings. The SMILES string of the molecule is C=C(N)/C=C(/CCCNCC(=O)OC(C)(C)C)C(=C)N. The highest BCUT2D eigenvalue weighted by atomic mass is 16.6. The molecule has 0 bridgehead atoms. The fraction of sp³-hybridized carbons (Fsp3) is 0.533. The Morgan fingerprint density at radius 2 is 1.90 bits per heavy atom. The van der Waals surface area contributed by atoms with Crippen LogP contribution in [-0.4, -0.2) is 24.7 Å². The van der Waals surface area contributed by atoms with Gasteiger partial charge in [-0.25, -0.2) is 0 Å². The number of allylic oxidation sites excluding steroid dienone is 2. The van der Waals surface area contributed by atoms with Crippen molar-refractivity contribution in [2.45, 2.75) is 39.2 Å². The van der Waals surface area contributed by atoms with Gasteiger partial charge >= 0.3 is 5.97 Å².